The quantitative estimate of drug-likeness (QED) is 0.526. The summed E-state index contributed by atoms with van der Waals surface area (Å²) in [6.45, 7) is 8.43. The van der Waals surface area contributed by atoms with Crippen LogP contribution in [-0.2, 0) is 16.1 Å². The molecule has 0 saturated carbocycles. The molecule has 1 aromatic carbocycles. The molecule has 1 aromatic rings. The molecule has 0 spiro atoms. The van der Waals surface area contributed by atoms with Crippen molar-refractivity contribution in [2.45, 2.75) is 46.6 Å². The molecule has 3 heteroatoms. The minimum Gasteiger partial charge on any atom is -0.461 e. The average molecular weight is 291 g/mol. The monoisotopic (exact) mass is 291 g/mol. The number of rotatable bonds is 10. The van der Waals surface area contributed by atoms with Crippen molar-refractivity contribution in [2.75, 3.05) is 13.1 Å². The smallest absolute Gasteiger partial charge is 0.310 e. The van der Waals surface area contributed by atoms with E-state index in [1.807, 2.05) is 37.3 Å². The molecule has 0 bridgehead atoms. The van der Waals surface area contributed by atoms with Gasteiger partial charge >= 0.3 is 5.97 Å². The van der Waals surface area contributed by atoms with Gasteiger partial charge in [-0.15, -0.1) is 0 Å². The number of hydrogen-bond acceptors (Lipinski definition) is 3. The molecular weight excluding hydrogens is 262 g/mol. The summed E-state index contributed by atoms with van der Waals surface area (Å²) < 4.78 is 5.32. The van der Waals surface area contributed by atoms with E-state index in [9.17, 15) is 4.79 Å². The van der Waals surface area contributed by atoms with Gasteiger partial charge in [0.25, 0.3) is 0 Å². The van der Waals surface area contributed by atoms with Crippen molar-refractivity contribution in [3.05, 3.63) is 35.9 Å². The molecule has 0 fully saturated rings. The summed E-state index contributed by atoms with van der Waals surface area (Å²) >= 11 is 0. The van der Waals surface area contributed by atoms with Crippen LogP contribution in [0.15, 0.2) is 30.3 Å². The Bertz CT molecular complexity index is 389. The fraction of sp³-hybridized carbons (Fsp3) is 0.611. The van der Waals surface area contributed by atoms with E-state index in [1.165, 1.54) is 19.3 Å². The SMILES string of the molecule is CC(C)CCCCNCC(C)C(=O)OCc1ccccc1. The molecule has 21 heavy (non-hydrogen) atoms. The zero-order valence-corrected chi connectivity index (χ0v) is 13.6. The lowest BCUT2D eigenvalue weighted by Gasteiger charge is -2.12. The van der Waals surface area contributed by atoms with Gasteiger partial charge in [-0.3, -0.25) is 4.79 Å². The largest absolute Gasteiger partial charge is 0.461 e. The van der Waals surface area contributed by atoms with Crippen molar-refractivity contribution in [1.82, 2.24) is 5.32 Å². The van der Waals surface area contributed by atoms with Crippen molar-refractivity contribution in [3.63, 3.8) is 0 Å². The van der Waals surface area contributed by atoms with Gasteiger partial charge in [-0.05, 0) is 24.4 Å². The maximum Gasteiger partial charge on any atom is 0.310 e. The van der Waals surface area contributed by atoms with E-state index in [4.69, 9.17) is 4.74 Å². The van der Waals surface area contributed by atoms with Crippen molar-refractivity contribution in [2.24, 2.45) is 11.8 Å². The molecule has 0 aliphatic rings. The third-order valence-corrected chi connectivity index (χ3v) is 3.46. The van der Waals surface area contributed by atoms with E-state index in [2.05, 4.69) is 19.2 Å². The van der Waals surface area contributed by atoms with Crippen LogP contribution in [0.25, 0.3) is 0 Å². The first-order valence-electron chi connectivity index (χ1n) is 8.01. The normalized spacial score (nSPS) is 12.4. The maximum absolute atomic E-state index is 11.9. The predicted molar refractivity (Wildman–Crippen MR) is 87.0 cm³/mol. The van der Waals surface area contributed by atoms with E-state index < -0.39 is 0 Å². The Hall–Kier alpha value is -1.35. The molecular formula is C18H29NO2. The lowest BCUT2D eigenvalue weighted by molar-refractivity contribution is -0.149. The molecule has 1 rings (SSSR count). The van der Waals surface area contributed by atoms with Crippen molar-refractivity contribution in [3.8, 4) is 0 Å². The first-order valence-corrected chi connectivity index (χ1v) is 8.01. The van der Waals surface area contributed by atoms with Crippen LogP contribution in [0.2, 0.25) is 0 Å². The number of benzene rings is 1. The van der Waals surface area contributed by atoms with E-state index in [0.717, 1.165) is 18.0 Å². The van der Waals surface area contributed by atoms with Gasteiger partial charge in [0.1, 0.15) is 6.61 Å². The predicted octanol–water partition coefficient (Wildman–Crippen LogP) is 3.78. The lowest BCUT2D eigenvalue weighted by Crippen LogP contribution is -2.28. The fourth-order valence-corrected chi connectivity index (χ4v) is 2.08. The Balaban J connectivity index is 2.08. The molecule has 1 unspecified atom stereocenters. The maximum atomic E-state index is 11.9. The van der Waals surface area contributed by atoms with E-state index >= 15 is 0 Å². The number of carbonyl (C=O) groups is 1. The highest BCUT2D eigenvalue weighted by atomic mass is 16.5. The Morgan fingerprint density at radius 1 is 1.14 bits per heavy atom. The van der Waals surface area contributed by atoms with Crippen molar-refractivity contribution >= 4 is 5.97 Å². The molecule has 0 heterocycles. The number of hydrogen-bond donors (Lipinski definition) is 1. The zero-order valence-electron chi connectivity index (χ0n) is 13.6. The topological polar surface area (TPSA) is 38.3 Å². The highest BCUT2D eigenvalue weighted by Crippen LogP contribution is 2.06. The zero-order chi connectivity index (χ0) is 15.5. The van der Waals surface area contributed by atoms with Gasteiger partial charge in [0.05, 0.1) is 5.92 Å². The lowest BCUT2D eigenvalue weighted by atomic mass is 10.1. The second kappa shape index (κ2) is 10.4. The van der Waals surface area contributed by atoms with Crippen LogP contribution >= 0.6 is 0 Å². The van der Waals surface area contributed by atoms with Crippen LogP contribution in [0.1, 0.15) is 45.6 Å². The number of esters is 1. The molecule has 118 valence electrons. The number of nitrogens with one attached hydrogen (secondary N) is 1. The molecule has 0 amide bonds. The molecule has 0 aliphatic heterocycles. The second-order valence-corrected chi connectivity index (χ2v) is 6.09. The molecule has 1 N–H and O–H groups in total. The Morgan fingerprint density at radius 3 is 2.52 bits per heavy atom. The first kappa shape index (κ1) is 17.7. The van der Waals surface area contributed by atoms with Gasteiger partial charge in [-0.25, -0.2) is 0 Å². The van der Waals surface area contributed by atoms with Crippen molar-refractivity contribution < 1.29 is 9.53 Å². The Labute approximate surface area is 129 Å². The number of unbranched alkanes of at least 4 members (excludes halogenated alkanes) is 1. The highest BCUT2D eigenvalue weighted by Gasteiger charge is 2.13. The summed E-state index contributed by atoms with van der Waals surface area (Å²) in [7, 11) is 0. The van der Waals surface area contributed by atoms with Gasteiger partial charge in [0.15, 0.2) is 0 Å². The second-order valence-electron chi connectivity index (χ2n) is 6.09. The minimum atomic E-state index is -0.131. The van der Waals surface area contributed by atoms with Crippen molar-refractivity contribution in [1.29, 1.82) is 0 Å². The van der Waals surface area contributed by atoms with Crippen LogP contribution < -0.4 is 5.32 Å². The molecule has 0 aromatic heterocycles. The summed E-state index contributed by atoms with van der Waals surface area (Å²) in [6.07, 6.45) is 3.69. The van der Waals surface area contributed by atoms with Crippen LogP contribution in [0.4, 0.5) is 0 Å². The molecule has 0 radical (unpaired) electrons. The summed E-state index contributed by atoms with van der Waals surface area (Å²) in [5.41, 5.74) is 1.03. The highest BCUT2D eigenvalue weighted by molar-refractivity contribution is 5.72. The molecule has 0 aliphatic carbocycles. The minimum absolute atomic E-state index is 0.0983. The standard InChI is InChI=1S/C18H29NO2/c1-15(2)9-7-8-12-19-13-16(3)18(20)21-14-17-10-5-4-6-11-17/h4-6,10-11,15-16,19H,7-9,12-14H2,1-3H3. The van der Waals surface area contributed by atoms with Crippen LogP contribution in [-0.4, -0.2) is 19.1 Å². The average Bonchev–Trinajstić information content (AvgIpc) is 2.48. The summed E-state index contributed by atoms with van der Waals surface area (Å²) in [5, 5.41) is 3.34. The fourth-order valence-electron chi connectivity index (χ4n) is 2.08. The van der Waals surface area contributed by atoms with E-state index in [-0.39, 0.29) is 11.9 Å². The third kappa shape index (κ3) is 8.51. The summed E-state index contributed by atoms with van der Waals surface area (Å²) in [4.78, 5) is 11.9. The first-order chi connectivity index (χ1) is 10.1. The van der Waals surface area contributed by atoms with Gasteiger partial charge in [0.2, 0.25) is 0 Å². The third-order valence-electron chi connectivity index (χ3n) is 3.46. The van der Waals surface area contributed by atoms with E-state index in [1.54, 1.807) is 0 Å². The van der Waals surface area contributed by atoms with Gasteiger partial charge in [-0.1, -0.05) is 63.9 Å². The van der Waals surface area contributed by atoms with Crippen LogP contribution in [0.3, 0.4) is 0 Å². The molecule has 1 atom stereocenters. The number of carbonyl (C=O) groups excluding carboxylic acids is 1. The van der Waals surface area contributed by atoms with E-state index in [0.29, 0.717) is 13.2 Å². The van der Waals surface area contributed by atoms with Crippen LogP contribution in [0.5, 0.6) is 0 Å². The molecule has 3 nitrogen and oxygen atoms in total. The summed E-state index contributed by atoms with van der Waals surface area (Å²) in [5.74, 6) is 0.546. The van der Waals surface area contributed by atoms with Gasteiger partial charge < -0.3 is 10.1 Å². The number of ether oxygens (including phenoxy) is 1. The Morgan fingerprint density at radius 2 is 1.86 bits per heavy atom. The molecule has 0 saturated heterocycles. The van der Waals surface area contributed by atoms with Gasteiger partial charge in [0, 0.05) is 6.54 Å². The summed E-state index contributed by atoms with van der Waals surface area (Å²) in [6, 6.07) is 9.78. The Kier molecular flexibility index (Phi) is 8.76. The van der Waals surface area contributed by atoms with Gasteiger partial charge in [-0.2, -0.15) is 0 Å². The van der Waals surface area contributed by atoms with Crippen LogP contribution in [0, 0.1) is 11.8 Å².